The Morgan fingerprint density at radius 3 is 2.43 bits per heavy atom. The Morgan fingerprint density at radius 2 is 1.62 bits per heavy atom. The molecule has 0 amide bonds. The van der Waals surface area contributed by atoms with E-state index >= 15 is 0 Å². The summed E-state index contributed by atoms with van der Waals surface area (Å²) in [4.78, 5) is 0. The van der Waals surface area contributed by atoms with Crippen LogP contribution in [0.3, 0.4) is 0 Å². The van der Waals surface area contributed by atoms with Gasteiger partial charge in [-0.3, -0.25) is 0 Å². The molecular formula is C19H32O2. The largest absolute Gasteiger partial charge is 0.393 e. The molecule has 2 heteroatoms. The summed E-state index contributed by atoms with van der Waals surface area (Å²) < 4.78 is 0. The zero-order chi connectivity index (χ0) is 14.8. The van der Waals surface area contributed by atoms with E-state index in [2.05, 4.69) is 13.8 Å². The van der Waals surface area contributed by atoms with E-state index in [-0.39, 0.29) is 12.2 Å². The van der Waals surface area contributed by atoms with Crippen molar-refractivity contribution in [3.63, 3.8) is 0 Å². The molecule has 2 N–H and O–H groups in total. The third-order valence-corrected chi connectivity index (χ3v) is 8.38. The van der Waals surface area contributed by atoms with Gasteiger partial charge in [0.15, 0.2) is 0 Å². The Bertz CT molecular complexity index is 422. The molecule has 0 aromatic heterocycles. The summed E-state index contributed by atoms with van der Waals surface area (Å²) in [5.74, 6) is 3.21. The van der Waals surface area contributed by atoms with Gasteiger partial charge >= 0.3 is 0 Å². The highest BCUT2D eigenvalue weighted by molar-refractivity contribution is 5.08. The number of hydrogen-bond donors (Lipinski definition) is 2. The van der Waals surface area contributed by atoms with Gasteiger partial charge < -0.3 is 10.2 Å². The Kier molecular flexibility index (Phi) is 3.25. The lowest BCUT2D eigenvalue weighted by Gasteiger charge is -2.60. The number of aliphatic hydroxyl groups is 2. The lowest BCUT2D eigenvalue weighted by Crippen LogP contribution is -2.53. The average Bonchev–Trinajstić information content (AvgIpc) is 2.74. The lowest BCUT2D eigenvalue weighted by atomic mass is 9.45. The van der Waals surface area contributed by atoms with Crippen LogP contribution in [0.4, 0.5) is 0 Å². The maximum Gasteiger partial charge on any atom is 0.0548 e. The van der Waals surface area contributed by atoms with Crippen molar-refractivity contribution in [3.8, 4) is 0 Å². The van der Waals surface area contributed by atoms with Crippen LogP contribution in [0.5, 0.6) is 0 Å². The molecule has 21 heavy (non-hydrogen) atoms. The van der Waals surface area contributed by atoms with Crippen molar-refractivity contribution in [3.05, 3.63) is 0 Å². The molecular weight excluding hydrogens is 260 g/mol. The minimum atomic E-state index is -0.0440. The lowest BCUT2D eigenvalue weighted by molar-refractivity contribution is -0.120. The zero-order valence-corrected chi connectivity index (χ0v) is 13.7. The van der Waals surface area contributed by atoms with E-state index < -0.39 is 0 Å². The molecule has 0 heterocycles. The van der Waals surface area contributed by atoms with Crippen molar-refractivity contribution >= 4 is 0 Å². The van der Waals surface area contributed by atoms with Crippen molar-refractivity contribution in [2.45, 2.75) is 83.8 Å². The van der Waals surface area contributed by atoms with Crippen LogP contribution in [0.1, 0.15) is 71.6 Å². The topological polar surface area (TPSA) is 40.5 Å². The third kappa shape index (κ3) is 2.05. The Balaban J connectivity index is 1.62. The Labute approximate surface area is 129 Å². The van der Waals surface area contributed by atoms with Crippen LogP contribution in [0, 0.1) is 34.5 Å². The standard InChI is InChI=1S/C19H32O2/c1-18-7-6-16-15(17(18)10-14(21)11-18)4-3-12-9-13(20)5-8-19(12,16)2/h12-17,20-21H,3-11H2,1-2H3/t12?,13-,14+,15+,16-,17-,18+,19-/m0/s1. The summed E-state index contributed by atoms with van der Waals surface area (Å²) in [6.45, 7) is 4.98. The van der Waals surface area contributed by atoms with Gasteiger partial charge in [0.25, 0.3) is 0 Å². The van der Waals surface area contributed by atoms with Crippen LogP contribution in [-0.4, -0.2) is 22.4 Å². The van der Waals surface area contributed by atoms with Gasteiger partial charge in [-0.2, -0.15) is 0 Å². The maximum atomic E-state index is 10.2. The van der Waals surface area contributed by atoms with Crippen molar-refractivity contribution in [1.29, 1.82) is 0 Å². The van der Waals surface area contributed by atoms with Crippen LogP contribution < -0.4 is 0 Å². The molecule has 120 valence electrons. The second-order valence-corrected chi connectivity index (χ2v) is 9.37. The fourth-order valence-corrected chi connectivity index (χ4v) is 7.26. The van der Waals surface area contributed by atoms with Gasteiger partial charge in [0.05, 0.1) is 12.2 Å². The van der Waals surface area contributed by atoms with E-state index in [4.69, 9.17) is 0 Å². The van der Waals surface area contributed by atoms with Crippen molar-refractivity contribution in [2.75, 3.05) is 0 Å². The molecule has 0 aromatic rings. The Morgan fingerprint density at radius 1 is 0.810 bits per heavy atom. The van der Waals surface area contributed by atoms with Gasteiger partial charge in [0.1, 0.15) is 0 Å². The van der Waals surface area contributed by atoms with Crippen LogP contribution in [0.2, 0.25) is 0 Å². The summed E-state index contributed by atoms with van der Waals surface area (Å²) in [7, 11) is 0. The van der Waals surface area contributed by atoms with E-state index in [0.29, 0.717) is 10.8 Å². The first-order chi connectivity index (χ1) is 9.92. The normalized spacial score (nSPS) is 60.0. The molecule has 0 aliphatic heterocycles. The molecule has 4 rings (SSSR count). The monoisotopic (exact) mass is 292 g/mol. The minimum absolute atomic E-state index is 0.0400. The van der Waals surface area contributed by atoms with Crippen LogP contribution >= 0.6 is 0 Å². The molecule has 4 aliphatic rings. The first-order valence-corrected chi connectivity index (χ1v) is 9.28. The fraction of sp³-hybridized carbons (Fsp3) is 1.00. The molecule has 8 atom stereocenters. The molecule has 0 aromatic carbocycles. The van der Waals surface area contributed by atoms with Gasteiger partial charge in [0.2, 0.25) is 0 Å². The van der Waals surface area contributed by atoms with Crippen molar-refractivity contribution in [1.82, 2.24) is 0 Å². The summed E-state index contributed by atoms with van der Waals surface area (Å²) in [5, 5.41) is 20.3. The van der Waals surface area contributed by atoms with E-state index in [9.17, 15) is 10.2 Å². The van der Waals surface area contributed by atoms with E-state index in [1.54, 1.807) is 0 Å². The van der Waals surface area contributed by atoms with E-state index in [1.807, 2.05) is 0 Å². The second kappa shape index (κ2) is 4.71. The quantitative estimate of drug-likeness (QED) is 0.714. The third-order valence-electron chi connectivity index (χ3n) is 8.38. The number of hydrogen-bond acceptors (Lipinski definition) is 2. The summed E-state index contributed by atoms with van der Waals surface area (Å²) >= 11 is 0. The molecule has 2 nitrogen and oxygen atoms in total. The number of aliphatic hydroxyl groups excluding tert-OH is 2. The fourth-order valence-electron chi connectivity index (χ4n) is 7.26. The molecule has 0 spiro atoms. The number of rotatable bonds is 0. The van der Waals surface area contributed by atoms with Gasteiger partial charge in [-0.05, 0) is 92.3 Å². The van der Waals surface area contributed by atoms with Crippen LogP contribution in [0.25, 0.3) is 0 Å². The molecule has 0 radical (unpaired) electrons. The van der Waals surface area contributed by atoms with Gasteiger partial charge in [-0.15, -0.1) is 0 Å². The summed E-state index contributed by atoms with van der Waals surface area (Å²) in [5.41, 5.74) is 0.884. The molecule has 1 unspecified atom stereocenters. The predicted molar refractivity (Wildman–Crippen MR) is 83.7 cm³/mol. The summed E-state index contributed by atoms with van der Waals surface area (Å²) in [6, 6.07) is 0. The SMILES string of the molecule is C[C@]12CC[C@H]3[C@@H](CCC4C[C@@H](O)CC[C@@]43C)[C@@H]1C[C@@H](O)C2. The second-order valence-electron chi connectivity index (χ2n) is 9.37. The highest BCUT2D eigenvalue weighted by Gasteiger charge is 2.58. The molecule has 0 bridgehead atoms. The molecule has 4 saturated carbocycles. The summed E-state index contributed by atoms with van der Waals surface area (Å²) in [6.07, 6.45) is 10.7. The van der Waals surface area contributed by atoms with Gasteiger partial charge in [-0.1, -0.05) is 13.8 Å². The van der Waals surface area contributed by atoms with Crippen molar-refractivity contribution < 1.29 is 10.2 Å². The van der Waals surface area contributed by atoms with E-state index in [0.717, 1.165) is 49.4 Å². The minimum Gasteiger partial charge on any atom is -0.393 e. The van der Waals surface area contributed by atoms with Crippen LogP contribution in [-0.2, 0) is 0 Å². The number of fused-ring (bicyclic) bond motifs is 5. The predicted octanol–water partition coefficient (Wildman–Crippen LogP) is 3.75. The van der Waals surface area contributed by atoms with Crippen molar-refractivity contribution in [2.24, 2.45) is 34.5 Å². The Hall–Kier alpha value is -0.0800. The average molecular weight is 292 g/mol. The first kappa shape index (κ1) is 14.5. The van der Waals surface area contributed by atoms with E-state index in [1.165, 1.54) is 32.1 Å². The zero-order valence-electron chi connectivity index (χ0n) is 13.7. The first-order valence-electron chi connectivity index (χ1n) is 9.28. The highest BCUT2D eigenvalue weighted by atomic mass is 16.3. The molecule has 4 fully saturated rings. The maximum absolute atomic E-state index is 10.2. The smallest absolute Gasteiger partial charge is 0.0548 e. The van der Waals surface area contributed by atoms with Gasteiger partial charge in [-0.25, -0.2) is 0 Å². The molecule has 0 saturated heterocycles. The highest BCUT2D eigenvalue weighted by Crippen LogP contribution is 2.66. The molecule has 4 aliphatic carbocycles. The van der Waals surface area contributed by atoms with Crippen LogP contribution in [0.15, 0.2) is 0 Å². The van der Waals surface area contributed by atoms with Gasteiger partial charge in [0, 0.05) is 0 Å².